The van der Waals surface area contributed by atoms with E-state index in [1.54, 1.807) is 6.08 Å². The van der Waals surface area contributed by atoms with Crippen LogP contribution in [0.15, 0.2) is 51.8 Å². The SMILES string of the molecule is CC[C@H](C)N1C(=O)S/C(=C/c2cc(Br)ccc2OCc2cccc(C)c2)C1=O. The molecule has 0 unspecified atom stereocenters. The smallest absolute Gasteiger partial charge is 0.293 e. The minimum Gasteiger partial charge on any atom is -0.488 e. The highest BCUT2D eigenvalue weighted by Crippen LogP contribution is 2.36. The van der Waals surface area contributed by atoms with E-state index in [-0.39, 0.29) is 17.2 Å². The van der Waals surface area contributed by atoms with Gasteiger partial charge in [0.05, 0.1) is 4.91 Å². The average molecular weight is 460 g/mol. The zero-order chi connectivity index (χ0) is 20.3. The minimum atomic E-state index is -0.242. The summed E-state index contributed by atoms with van der Waals surface area (Å²) in [6.45, 7) is 6.32. The lowest BCUT2D eigenvalue weighted by molar-refractivity contribution is -0.124. The van der Waals surface area contributed by atoms with E-state index >= 15 is 0 Å². The van der Waals surface area contributed by atoms with Gasteiger partial charge in [-0.05, 0) is 61.9 Å². The molecule has 2 amide bonds. The predicted octanol–water partition coefficient (Wildman–Crippen LogP) is 6.17. The molecule has 6 heteroatoms. The molecule has 146 valence electrons. The Kier molecular flexibility index (Phi) is 6.62. The molecule has 0 N–H and O–H groups in total. The van der Waals surface area contributed by atoms with E-state index < -0.39 is 0 Å². The highest BCUT2D eigenvalue weighted by atomic mass is 79.9. The van der Waals surface area contributed by atoms with Crippen LogP contribution >= 0.6 is 27.7 Å². The van der Waals surface area contributed by atoms with Gasteiger partial charge >= 0.3 is 0 Å². The second kappa shape index (κ2) is 8.97. The zero-order valence-electron chi connectivity index (χ0n) is 16.1. The fourth-order valence-corrected chi connectivity index (χ4v) is 4.21. The first-order valence-corrected chi connectivity index (χ1v) is 10.7. The van der Waals surface area contributed by atoms with Crippen molar-refractivity contribution in [2.24, 2.45) is 0 Å². The van der Waals surface area contributed by atoms with E-state index in [1.807, 2.05) is 57.2 Å². The molecular weight excluding hydrogens is 438 g/mol. The van der Waals surface area contributed by atoms with Crippen molar-refractivity contribution in [3.05, 3.63) is 68.5 Å². The molecule has 0 bridgehead atoms. The Bertz CT molecular complexity index is 941. The minimum absolute atomic E-state index is 0.113. The number of rotatable bonds is 6. The highest BCUT2D eigenvalue weighted by molar-refractivity contribution is 9.10. The Morgan fingerprint density at radius 2 is 2.00 bits per heavy atom. The third-order valence-corrected chi connectivity index (χ3v) is 5.97. The molecule has 0 spiro atoms. The first-order valence-electron chi connectivity index (χ1n) is 9.14. The zero-order valence-corrected chi connectivity index (χ0v) is 18.5. The number of carbonyl (C=O) groups excluding carboxylic acids is 2. The molecule has 2 aromatic carbocycles. The summed E-state index contributed by atoms with van der Waals surface area (Å²) in [4.78, 5) is 26.7. The van der Waals surface area contributed by atoms with Crippen molar-refractivity contribution in [1.29, 1.82) is 0 Å². The van der Waals surface area contributed by atoms with Crippen LogP contribution in [0.2, 0.25) is 0 Å². The Balaban J connectivity index is 1.86. The summed E-state index contributed by atoms with van der Waals surface area (Å²) >= 11 is 4.45. The van der Waals surface area contributed by atoms with Gasteiger partial charge in [0.1, 0.15) is 12.4 Å². The predicted molar refractivity (Wildman–Crippen MR) is 117 cm³/mol. The van der Waals surface area contributed by atoms with E-state index in [2.05, 4.69) is 22.0 Å². The molecular formula is C22H22BrNO3S. The number of hydrogen-bond acceptors (Lipinski definition) is 4. The number of aryl methyl sites for hydroxylation is 1. The quantitative estimate of drug-likeness (QED) is 0.484. The fraction of sp³-hybridized carbons (Fsp3) is 0.273. The highest BCUT2D eigenvalue weighted by Gasteiger charge is 2.37. The second-order valence-electron chi connectivity index (χ2n) is 6.77. The molecule has 1 atom stereocenters. The van der Waals surface area contributed by atoms with E-state index in [0.717, 1.165) is 33.8 Å². The third-order valence-electron chi connectivity index (χ3n) is 4.59. The van der Waals surface area contributed by atoms with Crippen LogP contribution in [0.1, 0.15) is 37.0 Å². The summed E-state index contributed by atoms with van der Waals surface area (Å²) < 4.78 is 6.89. The number of benzene rings is 2. The van der Waals surface area contributed by atoms with Gasteiger partial charge in [0.2, 0.25) is 0 Å². The lowest BCUT2D eigenvalue weighted by atomic mass is 10.1. The van der Waals surface area contributed by atoms with Gasteiger partial charge in [-0.2, -0.15) is 0 Å². The second-order valence-corrected chi connectivity index (χ2v) is 8.68. The molecule has 1 heterocycles. The van der Waals surface area contributed by atoms with Gasteiger partial charge in [-0.3, -0.25) is 14.5 Å². The number of halogens is 1. The molecule has 1 aliphatic rings. The van der Waals surface area contributed by atoms with Gasteiger partial charge in [-0.25, -0.2) is 0 Å². The summed E-state index contributed by atoms with van der Waals surface area (Å²) in [6.07, 6.45) is 2.47. The Hall–Kier alpha value is -2.05. The molecule has 2 aromatic rings. The van der Waals surface area contributed by atoms with Crippen LogP contribution in [0.3, 0.4) is 0 Å². The van der Waals surface area contributed by atoms with Crippen molar-refractivity contribution in [1.82, 2.24) is 4.90 Å². The Morgan fingerprint density at radius 1 is 1.21 bits per heavy atom. The summed E-state index contributed by atoms with van der Waals surface area (Å²) in [7, 11) is 0. The lowest BCUT2D eigenvalue weighted by Crippen LogP contribution is -2.36. The topological polar surface area (TPSA) is 46.6 Å². The van der Waals surface area contributed by atoms with Gasteiger partial charge in [0, 0.05) is 16.1 Å². The number of hydrogen-bond donors (Lipinski definition) is 0. The van der Waals surface area contributed by atoms with Gasteiger partial charge in [-0.1, -0.05) is 52.7 Å². The number of nitrogens with zero attached hydrogens (tertiary/aromatic N) is 1. The molecule has 1 aliphatic heterocycles. The van der Waals surface area contributed by atoms with E-state index in [9.17, 15) is 9.59 Å². The monoisotopic (exact) mass is 459 g/mol. The van der Waals surface area contributed by atoms with Gasteiger partial charge < -0.3 is 4.74 Å². The summed E-state index contributed by atoms with van der Waals surface area (Å²) in [5.74, 6) is 0.425. The van der Waals surface area contributed by atoms with Crippen molar-refractivity contribution in [3.8, 4) is 5.75 Å². The van der Waals surface area contributed by atoms with E-state index in [1.165, 1.54) is 10.5 Å². The number of ether oxygens (including phenoxy) is 1. The maximum atomic E-state index is 12.7. The molecule has 1 fully saturated rings. The largest absolute Gasteiger partial charge is 0.488 e. The van der Waals surface area contributed by atoms with Crippen molar-refractivity contribution >= 4 is 44.9 Å². The van der Waals surface area contributed by atoms with Crippen LogP contribution < -0.4 is 4.74 Å². The summed E-state index contributed by atoms with van der Waals surface area (Å²) in [5, 5.41) is -0.220. The first-order chi connectivity index (χ1) is 13.4. The summed E-state index contributed by atoms with van der Waals surface area (Å²) in [5.41, 5.74) is 3.01. The maximum Gasteiger partial charge on any atom is 0.293 e. The maximum absolute atomic E-state index is 12.7. The summed E-state index contributed by atoms with van der Waals surface area (Å²) in [6, 6.07) is 13.7. The van der Waals surface area contributed by atoms with Crippen LogP contribution in [0.4, 0.5) is 4.79 Å². The normalized spacial score (nSPS) is 16.7. The molecule has 3 rings (SSSR count). The van der Waals surface area contributed by atoms with Crippen LogP contribution in [0, 0.1) is 6.92 Å². The molecule has 4 nitrogen and oxygen atoms in total. The van der Waals surface area contributed by atoms with E-state index in [4.69, 9.17) is 4.74 Å². The van der Waals surface area contributed by atoms with E-state index in [0.29, 0.717) is 17.3 Å². The molecule has 1 saturated heterocycles. The molecule has 0 aliphatic carbocycles. The third kappa shape index (κ3) is 4.67. The van der Waals surface area contributed by atoms with Gasteiger partial charge in [-0.15, -0.1) is 0 Å². The van der Waals surface area contributed by atoms with Crippen molar-refractivity contribution < 1.29 is 14.3 Å². The molecule has 28 heavy (non-hydrogen) atoms. The standard InChI is InChI=1S/C22H22BrNO3S/c1-4-15(3)24-21(25)20(28-22(24)26)12-17-11-18(23)8-9-19(17)27-13-16-7-5-6-14(2)10-16/h5-12,15H,4,13H2,1-3H3/b20-12+/t15-/m0/s1. The van der Waals surface area contributed by atoms with Crippen molar-refractivity contribution in [3.63, 3.8) is 0 Å². The number of amides is 2. The van der Waals surface area contributed by atoms with Crippen LogP contribution in [-0.2, 0) is 11.4 Å². The fourth-order valence-electron chi connectivity index (χ4n) is 2.91. The number of imide groups is 1. The Morgan fingerprint density at radius 3 is 2.71 bits per heavy atom. The number of thioether (sulfide) groups is 1. The van der Waals surface area contributed by atoms with Crippen molar-refractivity contribution in [2.75, 3.05) is 0 Å². The molecule has 0 radical (unpaired) electrons. The van der Waals surface area contributed by atoms with Crippen LogP contribution in [-0.4, -0.2) is 22.1 Å². The van der Waals surface area contributed by atoms with Crippen LogP contribution in [0.5, 0.6) is 5.75 Å². The average Bonchev–Trinajstić information content (AvgIpc) is 2.94. The lowest BCUT2D eigenvalue weighted by Gasteiger charge is -2.19. The number of carbonyl (C=O) groups is 2. The van der Waals surface area contributed by atoms with Gasteiger partial charge in [0.25, 0.3) is 11.1 Å². The van der Waals surface area contributed by atoms with Gasteiger partial charge in [0.15, 0.2) is 0 Å². The first kappa shape index (κ1) is 20.7. The molecule has 0 saturated carbocycles. The van der Waals surface area contributed by atoms with Crippen LogP contribution in [0.25, 0.3) is 6.08 Å². The molecule has 0 aromatic heterocycles. The van der Waals surface area contributed by atoms with Crippen molar-refractivity contribution in [2.45, 2.75) is 39.8 Å². The Labute approximate surface area is 178 Å².